The first-order valence-corrected chi connectivity index (χ1v) is 21.1. The minimum absolute atomic E-state index is 0.0696. The van der Waals surface area contributed by atoms with Crippen molar-refractivity contribution in [3.05, 3.63) is 65.6 Å². The molecule has 59 heavy (non-hydrogen) atoms. The Hall–Kier alpha value is -5.77. The Kier molecular flexibility index (Phi) is 11.9. The average Bonchev–Trinajstić information content (AvgIpc) is 3.99. The topological polar surface area (TPSA) is 186 Å². The van der Waals surface area contributed by atoms with Crippen LogP contribution in [0.2, 0.25) is 0 Å². The Bertz CT molecular complexity index is 2150. The number of amides is 5. The van der Waals surface area contributed by atoms with Gasteiger partial charge in [0.25, 0.3) is 5.91 Å². The van der Waals surface area contributed by atoms with Crippen molar-refractivity contribution in [2.45, 2.75) is 69.7 Å². The number of fused-ring (bicyclic) bond motifs is 1. The first-order valence-electron chi connectivity index (χ1n) is 21.1. The molecule has 2 aromatic carbocycles. The number of nitrogens with zero attached hydrogens (tertiary/aromatic N) is 8. The lowest BCUT2D eigenvalue weighted by Gasteiger charge is -2.37. The Morgan fingerprint density at radius 1 is 0.983 bits per heavy atom. The molecule has 8 rings (SSSR count). The maximum atomic E-state index is 12.7. The van der Waals surface area contributed by atoms with Gasteiger partial charge in [0.2, 0.25) is 12.3 Å². The van der Waals surface area contributed by atoms with E-state index in [1.807, 2.05) is 43.1 Å². The predicted octanol–water partition coefficient (Wildman–Crippen LogP) is 4.66. The number of likely N-dealkylation sites (N-methyl/N-ethyl adjacent to an activating group) is 1. The quantitative estimate of drug-likeness (QED) is 0.150. The molecule has 4 N–H and O–H groups in total. The highest BCUT2D eigenvalue weighted by Crippen LogP contribution is 2.35. The van der Waals surface area contributed by atoms with Gasteiger partial charge in [-0.25, -0.2) is 14.8 Å². The molecule has 0 radical (unpaired) electrons. The largest absolute Gasteiger partial charge is 0.371 e. The van der Waals surface area contributed by atoms with Gasteiger partial charge in [-0.1, -0.05) is 30.6 Å². The Balaban J connectivity index is 0.835. The van der Waals surface area contributed by atoms with Crippen LogP contribution in [0.1, 0.15) is 85.5 Å². The third kappa shape index (κ3) is 8.68. The number of hydrogen-bond acceptors (Lipinski definition) is 12. The number of benzene rings is 2. The van der Waals surface area contributed by atoms with Crippen LogP contribution in [-0.4, -0.2) is 126 Å². The fraction of sp³-hybridized carbons (Fsp3) is 0.512. The van der Waals surface area contributed by atoms with Crippen molar-refractivity contribution in [2.24, 2.45) is 11.7 Å². The highest BCUT2D eigenvalue weighted by molar-refractivity contribution is 5.96. The summed E-state index contributed by atoms with van der Waals surface area (Å²) in [7, 11) is 1.84. The van der Waals surface area contributed by atoms with Crippen molar-refractivity contribution in [1.29, 1.82) is 0 Å². The predicted molar refractivity (Wildman–Crippen MR) is 225 cm³/mol. The standard InChI is InChI=1S/C43H55N11O5/c1-3-5-35(42(57)46-27-55)38-34-12-11-32(22-36(34)59-49-38)52-19-13-28(25-52)24-51-17-14-30(15-18-51)29-7-9-31(10-8-29)47-41-39(40(44)56)45-23-37(48-41)53-16-4-6-33(26-53)54-21-20-50(2)43(54)58/h7-12,22-23,27-28,30,33,35H,3-6,13-21,24-26H2,1-2H3,(H2,44,56)(H,47,48)(H,46,55,57). The van der Waals surface area contributed by atoms with Gasteiger partial charge in [-0.2, -0.15) is 0 Å². The molecule has 4 fully saturated rings. The molecular weight excluding hydrogens is 751 g/mol. The van der Waals surface area contributed by atoms with Crippen LogP contribution in [0.4, 0.5) is 27.8 Å². The maximum absolute atomic E-state index is 12.7. The smallest absolute Gasteiger partial charge is 0.320 e. The number of rotatable bonds is 14. The molecule has 3 atom stereocenters. The second-order valence-corrected chi connectivity index (χ2v) is 16.6. The van der Waals surface area contributed by atoms with Crippen LogP contribution in [0.5, 0.6) is 0 Å². The molecule has 5 amide bonds. The summed E-state index contributed by atoms with van der Waals surface area (Å²) in [6, 6.07) is 14.7. The van der Waals surface area contributed by atoms with Gasteiger partial charge in [0.05, 0.1) is 18.2 Å². The number of nitrogens with two attached hydrogens (primary N) is 1. The van der Waals surface area contributed by atoms with E-state index in [0.717, 1.165) is 108 Å². The highest BCUT2D eigenvalue weighted by Gasteiger charge is 2.35. The van der Waals surface area contributed by atoms with Gasteiger partial charge < -0.3 is 40.1 Å². The van der Waals surface area contributed by atoms with Crippen molar-refractivity contribution in [3.8, 4) is 0 Å². The van der Waals surface area contributed by atoms with Crippen LogP contribution in [-0.2, 0) is 9.59 Å². The number of anilines is 4. The van der Waals surface area contributed by atoms with Crippen LogP contribution in [0.3, 0.4) is 0 Å². The molecule has 16 nitrogen and oxygen atoms in total. The lowest BCUT2D eigenvalue weighted by atomic mass is 9.89. The Labute approximate surface area is 344 Å². The summed E-state index contributed by atoms with van der Waals surface area (Å²) in [5.74, 6) is 0.478. The summed E-state index contributed by atoms with van der Waals surface area (Å²) in [6.45, 7) is 10.0. The summed E-state index contributed by atoms with van der Waals surface area (Å²) in [5, 5.41) is 10.7. The molecule has 0 aliphatic carbocycles. The minimum Gasteiger partial charge on any atom is -0.371 e. The number of likely N-dealkylation sites (tertiary alicyclic amines) is 1. The lowest BCUT2D eigenvalue weighted by Crippen LogP contribution is -2.49. The van der Waals surface area contributed by atoms with Gasteiger partial charge in [0.15, 0.2) is 17.1 Å². The van der Waals surface area contributed by atoms with Gasteiger partial charge >= 0.3 is 6.03 Å². The third-order valence-electron chi connectivity index (χ3n) is 12.7. The van der Waals surface area contributed by atoms with Gasteiger partial charge in [-0.15, -0.1) is 0 Å². The molecule has 6 heterocycles. The Morgan fingerprint density at radius 2 is 1.80 bits per heavy atom. The third-order valence-corrected chi connectivity index (χ3v) is 12.7. The van der Waals surface area contributed by atoms with Crippen LogP contribution in [0, 0.1) is 5.92 Å². The highest BCUT2D eigenvalue weighted by atomic mass is 16.5. The molecule has 3 unspecified atom stereocenters. The van der Waals surface area contributed by atoms with E-state index in [-0.39, 0.29) is 23.7 Å². The van der Waals surface area contributed by atoms with Crippen molar-refractivity contribution in [3.63, 3.8) is 0 Å². The van der Waals surface area contributed by atoms with Crippen molar-refractivity contribution >= 4 is 58.2 Å². The summed E-state index contributed by atoms with van der Waals surface area (Å²) in [6.07, 6.45) is 8.56. The number of hydrogen-bond donors (Lipinski definition) is 3. The SMILES string of the molecule is CCCC(C(=O)NC=O)c1noc2cc(N3CCC(CN4CCC(c5ccc(Nc6nc(N7CCCC(N8CCN(C)C8=O)C7)cnc6C(N)=O)cc5)CC4)C3)ccc12. The van der Waals surface area contributed by atoms with E-state index in [2.05, 4.69) is 53.7 Å². The number of imide groups is 1. The van der Waals surface area contributed by atoms with Crippen LogP contribution >= 0.6 is 0 Å². The lowest BCUT2D eigenvalue weighted by molar-refractivity contribution is -0.126. The fourth-order valence-corrected chi connectivity index (χ4v) is 9.46. The fourth-order valence-electron chi connectivity index (χ4n) is 9.46. The molecule has 4 aromatic rings. The van der Waals surface area contributed by atoms with E-state index in [0.29, 0.717) is 54.1 Å². The number of primary amides is 1. The van der Waals surface area contributed by atoms with E-state index in [9.17, 15) is 19.2 Å². The second-order valence-electron chi connectivity index (χ2n) is 16.6. The minimum atomic E-state index is -0.647. The molecule has 312 valence electrons. The summed E-state index contributed by atoms with van der Waals surface area (Å²) in [5.41, 5.74) is 10.2. The molecule has 2 aromatic heterocycles. The first kappa shape index (κ1) is 40.0. The van der Waals surface area contributed by atoms with Crippen LogP contribution in [0.15, 0.2) is 53.2 Å². The van der Waals surface area contributed by atoms with Crippen molar-refractivity contribution < 1.29 is 23.7 Å². The molecule has 4 saturated heterocycles. The second kappa shape index (κ2) is 17.6. The normalized spacial score (nSPS) is 21.0. The number of nitrogens with one attached hydrogen (secondary N) is 2. The number of carbonyl (C=O) groups excluding carboxylic acids is 4. The summed E-state index contributed by atoms with van der Waals surface area (Å²) >= 11 is 0. The molecular formula is C43H55N11O5. The number of piperidine rings is 2. The zero-order chi connectivity index (χ0) is 41.0. The Morgan fingerprint density at radius 3 is 2.53 bits per heavy atom. The molecule has 16 heteroatoms. The monoisotopic (exact) mass is 805 g/mol. The van der Waals surface area contributed by atoms with Gasteiger partial charge in [-0.05, 0) is 93.3 Å². The number of aromatic nitrogens is 3. The van der Waals surface area contributed by atoms with E-state index in [1.54, 1.807) is 11.1 Å². The van der Waals surface area contributed by atoms with Crippen molar-refractivity contribution in [2.75, 3.05) is 81.1 Å². The van der Waals surface area contributed by atoms with Gasteiger partial charge in [0, 0.05) is 75.7 Å². The zero-order valence-electron chi connectivity index (χ0n) is 34.0. The molecule has 0 bridgehead atoms. The first-order chi connectivity index (χ1) is 28.7. The molecule has 0 saturated carbocycles. The van der Waals surface area contributed by atoms with E-state index >= 15 is 0 Å². The molecule has 0 spiro atoms. The van der Waals surface area contributed by atoms with Gasteiger partial charge in [0.1, 0.15) is 11.5 Å². The molecule has 4 aliphatic heterocycles. The van der Waals surface area contributed by atoms with E-state index < -0.39 is 11.8 Å². The number of urea groups is 1. The van der Waals surface area contributed by atoms with Crippen LogP contribution in [0.25, 0.3) is 11.0 Å². The molecule has 4 aliphatic rings. The summed E-state index contributed by atoms with van der Waals surface area (Å²) in [4.78, 5) is 68.7. The number of carbonyl (C=O) groups is 4. The van der Waals surface area contributed by atoms with E-state index in [4.69, 9.17) is 15.2 Å². The summed E-state index contributed by atoms with van der Waals surface area (Å²) < 4.78 is 5.70. The van der Waals surface area contributed by atoms with Crippen LogP contribution < -0.4 is 26.2 Å². The zero-order valence-corrected chi connectivity index (χ0v) is 34.0. The van der Waals surface area contributed by atoms with Crippen molar-refractivity contribution in [1.82, 2.24) is 35.1 Å². The van der Waals surface area contributed by atoms with E-state index in [1.165, 1.54) is 5.56 Å². The maximum Gasteiger partial charge on any atom is 0.320 e. The van der Waals surface area contributed by atoms with Gasteiger partial charge in [-0.3, -0.25) is 19.7 Å². The average molecular weight is 806 g/mol.